The third-order valence-electron chi connectivity index (χ3n) is 4.39. The molecule has 1 aliphatic rings. The van der Waals surface area contributed by atoms with Gasteiger partial charge in [-0.25, -0.2) is 4.98 Å². The average molecular weight is 347 g/mol. The van der Waals surface area contributed by atoms with E-state index >= 15 is 0 Å². The quantitative estimate of drug-likeness (QED) is 0.790. The van der Waals surface area contributed by atoms with Crippen LogP contribution in [0.15, 0.2) is 65.7 Å². The van der Waals surface area contributed by atoms with Gasteiger partial charge in [0.1, 0.15) is 11.5 Å². The van der Waals surface area contributed by atoms with Crippen LogP contribution >= 0.6 is 0 Å². The molecule has 130 valence electrons. The van der Waals surface area contributed by atoms with Gasteiger partial charge in [-0.15, -0.1) is 0 Å². The molecule has 0 radical (unpaired) electrons. The fourth-order valence-electron chi connectivity index (χ4n) is 3.06. The third-order valence-corrected chi connectivity index (χ3v) is 4.39. The number of aromatic amines is 1. The maximum atomic E-state index is 13.0. The lowest BCUT2D eigenvalue weighted by Crippen LogP contribution is -2.39. The number of benzene rings is 2. The summed E-state index contributed by atoms with van der Waals surface area (Å²) in [4.78, 5) is 33.4. The minimum atomic E-state index is -0.135. The first-order valence-corrected chi connectivity index (χ1v) is 8.39. The van der Waals surface area contributed by atoms with Gasteiger partial charge in [-0.05, 0) is 30.7 Å². The highest BCUT2D eigenvalue weighted by atomic mass is 16.5. The van der Waals surface area contributed by atoms with Crippen LogP contribution in [0.4, 0.5) is 0 Å². The van der Waals surface area contributed by atoms with E-state index < -0.39 is 0 Å². The summed E-state index contributed by atoms with van der Waals surface area (Å²) in [6.07, 6.45) is 1.87. The molecule has 0 unspecified atom stereocenters. The van der Waals surface area contributed by atoms with E-state index in [4.69, 9.17) is 4.74 Å². The van der Waals surface area contributed by atoms with Crippen LogP contribution < -0.4 is 10.3 Å². The molecule has 6 nitrogen and oxygen atoms in total. The molecule has 26 heavy (non-hydrogen) atoms. The van der Waals surface area contributed by atoms with E-state index in [1.165, 1.54) is 6.33 Å². The van der Waals surface area contributed by atoms with E-state index in [2.05, 4.69) is 9.97 Å². The summed E-state index contributed by atoms with van der Waals surface area (Å²) in [5.41, 5.74) is 1.67. The van der Waals surface area contributed by atoms with Crippen LogP contribution in [0, 0.1) is 0 Å². The van der Waals surface area contributed by atoms with Crippen LogP contribution in [0.2, 0.25) is 0 Å². The normalized spacial score (nSPS) is 13.2. The van der Waals surface area contributed by atoms with Crippen LogP contribution in [0.1, 0.15) is 21.6 Å². The lowest BCUT2D eigenvalue weighted by Gasteiger charge is -2.28. The molecule has 0 aliphatic carbocycles. The van der Waals surface area contributed by atoms with Crippen molar-refractivity contribution in [2.24, 2.45) is 0 Å². The van der Waals surface area contributed by atoms with Gasteiger partial charge in [0.15, 0.2) is 0 Å². The monoisotopic (exact) mass is 347 g/mol. The standard InChI is InChI=1S/C20H17N3O3/c24-19-15-10-11-23(12-17(15)21-13-22-19)20(25)16-8-4-5-9-18(16)26-14-6-2-1-3-7-14/h1-9,13H,10-12H2,(H,21,22,24). The van der Waals surface area contributed by atoms with Crippen molar-refractivity contribution >= 4 is 5.91 Å². The van der Waals surface area contributed by atoms with Crippen molar-refractivity contribution in [2.75, 3.05) is 6.54 Å². The molecule has 6 heteroatoms. The second-order valence-corrected chi connectivity index (χ2v) is 6.04. The van der Waals surface area contributed by atoms with Gasteiger partial charge >= 0.3 is 0 Å². The first kappa shape index (κ1) is 16.1. The molecule has 3 aromatic rings. The van der Waals surface area contributed by atoms with E-state index in [1.54, 1.807) is 17.0 Å². The SMILES string of the molecule is O=C(c1ccccc1Oc1ccccc1)N1CCc2c(nc[nH]c2=O)C1. The van der Waals surface area contributed by atoms with Gasteiger partial charge in [0, 0.05) is 12.1 Å². The number of nitrogens with one attached hydrogen (secondary N) is 1. The number of carbonyl (C=O) groups excluding carboxylic acids is 1. The summed E-state index contributed by atoms with van der Waals surface area (Å²) in [6.45, 7) is 0.790. The highest BCUT2D eigenvalue weighted by Crippen LogP contribution is 2.27. The van der Waals surface area contributed by atoms with Gasteiger partial charge in [-0.3, -0.25) is 9.59 Å². The number of ether oxygens (including phenoxy) is 1. The highest BCUT2D eigenvalue weighted by Gasteiger charge is 2.26. The molecule has 0 saturated heterocycles. The first-order chi connectivity index (χ1) is 12.7. The second-order valence-electron chi connectivity index (χ2n) is 6.04. The summed E-state index contributed by atoms with van der Waals surface area (Å²) in [5.74, 6) is 1.04. The van der Waals surface area contributed by atoms with E-state index in [0.29, 0.717) is 47.8 Å². The van der Waals surface area contributed by atoms with Gasteiger partial charge in [0.25, 0.3) is 11.5 Å². The van der Waals surface area contributed by atoms with Crippen molar-refractivity contribution in [2.45, 2.75) is 13.0 Å². The van der Waals surface area contributed by atoms with Gasteiger partial charge < -0.3 is 14.6 Å². The summed E-state index contributed by atoms with van der Waals surface area (Å²) >= 11 is 0. The highest BCUT2D eigenvalue weighted by molar-refractivity contribution is 5.97. The zero-order valence-corrected chi connectivity index (χ0v) is 14.0. The molecule has 2 aromatic carbocycles. The molecule has 0 saturated carbocycles. The second kappa shape index (κ2) is 6.84. The summed E-state index contributed by atoms with van der Waals surface area (Å²) < 4.78 is 5.89. The van der Waals surface area contributed by atoms with Crippen LogP contribution in [-0.4, -0.2) is 27.3 Å². The predicted molar refractivity (Wildman–Crippen MR) is 96.3 cm³/mol. The molecular weight excluding hydrogens is 330 g/mol. The maximum absolute atomic E-state index is 13.0. The van der Waals surface area contributed by atoms with Crippen LogP contribution in [-0.2, 0) is 13.0 Å². The van der Waals surface area contributed by atoms with E-state index in [-0.39, 0.29) is 11.5 Å². The van der Waals surface area contributed by atoms with Crippen molar-refractivity contribution in [3.05, 3.63) is 88.1 Å². The molecule has 0 fully saturated rings. The Morgan fingerprint density at radius 1 is 1.08 bits per heavy atom. The number of nitrogens with zero attached hydrogens (tertiary/aromatic N) is 2. The zero-order valence-electron chi connectivity index (χ0n) is 14.0. The summed E-state index contributed by atoms with van der Waals surface area (Å²) in [6, 6.07) is 16.5. The third kappa shape index (κ3) is 3.09. The number of hydrogen-bond donors (Lipinski definition) is 1. The Balaban J connectivity index is 1.60. The van der Waals surface area contributed by atoms with Gasteiger partial charge in [0.2, 0.25) is 0 Å². The number of fused-ring (bicyclic) bond motifs is 1. The molecule has 0 atom stereocenters. The molecule has 1 amide bonds. The van der Waals surface area contributed by atoms with Crippen molar-refractivity contribution in [3.8, 4) is 11.5 Å². The fourth-order valence-corrected chi connectivity index (χ4v) is 3.06. The fraction of sp³-hybridized carbons (Fsp3) is 0.150. The zero-order chi connectivity index (χ0) is 17.9. The van der Waals surface area contributed by atoms with Crippen molar-refractivity contribution in [3.63, 3.8) is 0 Å². The largest absolute Gasteiger partial charge is 0.457 e. The van der Waals surface area contributed by atoms with E-state index in [0.717, 1.165) is 0 Å². The first-order valence-electron chi connectivity index (χ1n) is 8.39. The van der Waals surface area contributed by atoms with Crippen LogP contribution in [0.25, 0.3) is 0 Å². The molecule has 0 spiro atoms. The Morgan fingerprint density at radius 2 is 1.85 bits per heavy atom. The number of carbonyl (C=O) groups is 1. The van der Waals surface area contributed by atoms with E-state index in [9.17, 15) is 9.59 Å². The molecule has 1 aromatic heterocycles. The number of hydrogen-bond acceptors (Lipinski definition) is 4. The topological polar surface area (TPSA) is 75.3 Å². The number of aromatic nitrogens is 2. The smallest absolute Gasteiger partial charge is 0.258 e. The minimum absolute atomic E-state index is 0.130. The number of para-hydroxylation sites is 2. The van der Waals surface area contributed by atoms with Crippen molar-refractivity contribution in [1.29, 1.82) is 0 Å². The average Bonchev–Trinajstić information content (AvgIpc) is 2.69. The van der Waals surface area contributed by atoms with Crippen molar-refractivity contribution < 1.29 is 9.53 Å². The Bertz CT molecular complexity index is 998. The predicted octanol–water partition coefficient (Wildman–Crippen LogP) is 2.76. The lowest BCUT2D eigenvalue weighted by atomic mass is 10.1. The molecule has 2 heterocycles. The Kier molecular flexibility index (Phi) is 4.23. The number of rotatable bonds is 3. The molecule has 4 rings (SSSR count). The minimum Gasteiger partial charge on any atom is -0.457 e. The van der Waals surface area contributed by atoms with Crippen LogP contribution in [0.3, 0.4) is 0 Å². The summed E-state index contributed by atoms with van der Waals surface area (Å²) in [7, 11) is 0. The number of H-pyrrole nitrogens is 1. The van der Waals surface area contributed by atoms with Crippen molar-refractivity contribution in [1.82, 2.24) is 14.9 Å². The molecular formula is C20H17N3O3. The van der Waals surface area contributed by atoms with E-state index in [1.807, 2.05) is 42.5 Å². The molecule has 0 bridgehead atoms. The Hall–Kier alpha value is -3.41. The van der Waals surface area contributed by atoms with Gasteiger partial charge in [-0.1, -0.05) is 30.3 Å². The summed E-state index contributed by atoms with van der Waals surface area (Å²) in [5, 5.41) is 0. The molecule has 1 N–H and O–H groups in total. The van der Waals surface area contributed by atoms with Gasteiger partial charge in [-0.2, -0.15) is 0 Å². The lowest BCUT2D eigenvalue weighted by molar-refractivity contribution is 0.0728. The molecule has 1 aliphatic heterocycles. The van der Waals surface area contributed by atoms with Crippen LogP contribution in [0.5, 0.6) is 11.5 Å². The maximum Gasteiger partial charge on any atom is 0.258 e. The Morgan fingerprint density at radius 3 is 2.69 bits per heavy atom. The number of amides is 1. The van der Waals surface area contributed by atoms with Gasteiger partial charge in [0.05, 0.1) is 24.1 Å². The Labute approximate surface area is 150 Å².